The zero-order valence-corrected chi connectivity index (χ0v) is 22.5. The monoisotopic (exact) mass is 598 g/mol. The van der Waals surface area contributed by atoms with Crippen molar-refractivity contribution in [2.45, 2.75) is 43.9 Å². The van der Waals surface area contributed by atoms with Gasteiger partial charge in [0.05, 0.1) is 53.4 Å². The summed E-state index contributed by atoms with van der Waals surface area (Å²) in [6, 6.07) is 11.5. The van der Waals surface area contributed by atoms with Gasteiger partial charge in [0.25, 0.3) is 11.4 Å². The Balaban J connectivity index is 1.27. The largest absolute Gasteiger partial charge is 0.394 e. The lowest BCUT2D eigenvalue weighted by molar-refractivity contribution is -0.385. The van der Waals surface area contributed by atoms with E-state index in [0.717, 1.165) is 0 Å². The first-order valence-corrected chi connectivity index (χ1v) is 12.8. The minimum absolute atomic E-state index is 0.0602. The number of aliphatic hydroxyl groups is 2. The van der Waals surface area contributed by atoms with Gasteiger partial charge in [0.1, 0.15) is 35.8 Å². The molecule has 1 aliphatic heterocycles. The summed E-state index contributed by atoms with van der Waals surface area (Å²) in [5.41, 5.74) is 1.75. The molecule has 1 aliphatic rings. The van der Waals surface area contributed by atoms with E-state index in [2.05, 4.69) is 20.6 Å². The summed E-state index contributed by atoms with van der Waals surface area (Å²) in [6.45, 7) is -0.708. The quantitative estimate of drug-likeness (QED) is 0.170. The molecule has 3 heterocycles. The summed E-state index contributed by atoms with van der Waals surface area (Å²) in [4.78, 5) is 20.8. The Labute approximate surface area is 242 Å². The molecule has 0 amide bonds. The van der Waals surface area contributed by atoms with Crippen LogP contribution < -0.4 is 0 Å². The number of hydrogen-bond acceptors (Lipinski definition) is 14. The average Bonchev–Trinajstić information content (AvgIpc) is 3.70. The lowest BCUT2D eigenvalue weighted by Gasteiger charge is -2.43. The van der Waals surface area contributed by atoms with Gasteiger partial charge in [0.2, 0.25) is 0 Å². The third-order valence-corrected chi connectivity index (χ3v) is 6.61. The van der Waals surface area contributed by atoms with E-state index in [-0.39, 0.29) is 24.6 Å². The van der Waals surface area contributed by atoms with Crippen LogP contribution in [0.1, 0.15) is 11.4 Å². The molecule has 4 aromatic rings. The number of nitrogens with zero attached hydrogens (tertiary/aromatic N) is 8. The molecular formula is C25H26N8O10. The van der Waals surface area contributed by atoms with Gasteiger partial charge in [0, 0.05) is 31.4 Å². The minimum Gasteiger partial charge on any atom is -0.394 e. The van der Waals surface area contributed by atoms with Gasteiger partial charge in [0.15, 0.2) is 6.29 Å². The summed E-state index contributed by atoms with van der Waals surface area (Å²) in [5, 5.41) is 58.7. The first-order valence-electron chi connectivity index (χ1n) is 12.8. The van der Waals surface area contributed by atoms with Crippen LogP contribution in [0.25, 0.3) is 11.4 Å². The maximum atomic E-state index is 10.9. The van der Waals surface area contributed by atoms with Gasteiger partial charge < -0.3 is 29.2 Å². The highest BCUT2D eigenvalue weighted by atomic mass is 16.7. The maximum Gasteiger partial charge on any atom is 0.269 e. The third-order valence-electron chi connectivity index (χ3n) is 6.61. The fraction of sp³-hybridized carbons (Fsp3) is 0.360. The summed E-state index contributed by atoms with van der Waals surface area (Å²) < 4.78 is 26.0. The van der Waals surface area contributed by atoms with Crippen molar-refractivity contribution in [1.82, 2.24) is 30.0 Å². The van der Waals surface area contributed by atoms with Crippen molar-refractivity contribution in [1.29, 1.82) is 0 Å². The van der Waals surface area contributed by atoms with Crippen molar-refractivity contribution in [2.75, 3.05) is 13.7 Å². The second kappa shape index (κ2) is 13.1. The van der Waals surface area contributed by atoms with Crippen LogP contribution in [-0.2, 0) is 32.2 Å². The number of rotatable bonds is 12. The number of benzene rings is 2. The highest BCUT2D eigenvalue weighted by Crippen LogP contribution is 2.28. The second-order valence-electron chi connectivity index (χ2n) is 9.36. The number of non-ortho nitro benzene ring substituents is 2. The van der Waals surface area contributed by atoms with Crippen molar-refractivity contribution in [3.05, 3.63) is 92.5 Å². The Hall–Kier alpha value is -4.72. The van der Waals surface area contributed by atoms with E-state index in [1.165, 1.54) is 65.0 Å². The topological polar surface area (TPSA) is 225 Å². The van der Waals surface area contributed by atoms with Crippen molar-refractivity contribution in [2.24, 2.45) is 0 Å². The molecule has 2 aromatic carbocycles. The Morgan fingerprint density at radius 1 is 0.837 bits per heavy atom. The molecule has 1 fully saturated rings. The van der Waals surface area contributed by atoms with Crippen LogP contribution in [0.5, 0.6) is 0 Å². The summed E-state index contributed by atoms with van der Waals surface area (Å²) in [5.74, 6) is 0. The lowest BCUT2D eigenvalue weighted by Crippen LogP contribution is -2.60. The molecule has 0 saturated carbocycles. The molecule has 0 aliphatic carbocycles. The highest BCUT2D eigenvalue weighted by Gasteiger charge is 2.47. The minimum atomic E-state index is -1.30. The fourth-order valence-electron chi connectivity index (χ4n) is 4.40. The Morgan fingerprint density at radius 3 is 1.72 bits per heavy atom. The Morgan fingerprint density at radius 2 is 1.30 bits per heavy atom. The summed E-state index contributed by atoms with van der Waals surface area (Å²) in [6.07, 6.45) is -2.22. The SMILES string of the molecule is CO[C@H]1O[C@H](CO)[C@@H](O)[C@H](OCc2cn(-c3ccc([N+](=O)[O-])cc3)nn2)[C@H]1OCc1cn(-c2ccc([N+](=O)[O-])cc2)nn1. The molecule has 43 heavy (non-hydrogen) atoms. The molecule has 0 bridgehead atoms. The van der Waals surface area contributed by atoms with Crippen LogP contribution in [0.15, 0.2) is 60.9 Å². The first-order chi connectivity index (χ1) is 20.8. The van der Waals surface area contributed by atoms with Gasteiger partial charge in [-0.2, -0.15) is 0 Å². The number of ether oxygens (including phenoxy) is 4. The van der Waals surface area contributed by atoms with Crippen LogP contribution in [0.2, 0.25) is 0 Å². The van der Waals surface area contributed by atoms with Gasteiger partial charge in [-0.3, -0.25) is 20.2 Å². The molecule has 1 saturated heterocycles. The molecule has 2 aromatic heterocycles. The van der Waals surface area contributed by atoms with E-state index in [1.807, 2.05) is 0 Å². The summed E-state index contributed by atoms with van der Waals surface area (Å²) in [7, 11) is 1.38. The molecule has 18 heteroatoms. The number of aliphatic hydroxyl groups excluding tert-OH is 2. The molecular weight excluding hydrogens is 572 g/mol. The molecule has 0 radical (unpaired) electrons. The first kappa shape index (κ1) is 29.8. The molecule has 5 atom stereocenters. The molecule has 2 N–H and O–H groups in total. The maximum absolute atomic E-state index is 10.9. The van der Waals surface area contributed by atoms with Gasteiger partial charge in [-0.25, -0.2) is 9.36 Å². The predicted molar refractivity (Wildman–Crippen MR) is 142 cm³/mol. The number of nitro benzene ring substituents is 2. The zero-order chi connectivity index (χ0) is 30.5. The van der Waals surface area contributed by atoms with Crippen LogP contribution in [0, 0.1) is 20.2 Å². The average molecular weight is 599 g/mol. The van der Waals surface area contributed by atoms with E-state index < -0.39 is 47.2 Å². The fourth-order valence-corrected chi connectivity index (χ4v) is 4.40. The van der Waals surface area contributed by atoms with E-state index in [9.17, 15) is 30.4 Å². The van der Waals surface area contributed by atoms with Crippen molar-refractivity contribution in [3.8, 4) is 11.4 Å². The second-order valence-corrected chi connectivity index (χ2v) is 9.36. The normalized spacial score (nSPS) is 22.0. The Kier molecular flexibility index (Phi) is 9.04. The van der Waals surface area contributed by atoms with Crippen LogP contribution >= 0.6 is 0 Å². The standard InChI is InChI=1S/C25H26N8O10/c1-40-25-24(42-14-16-11-31(29-27-16)18-4-8-20(9-5-18)33(38)39)23(22(35)21(12-34)43-25)41-13-15-10-30(28-26-15)17-2-6-19(7-3-17)32(36)37/h2-11,21-25,34-35H,12-14H2,1H3/t21-,22-,23+,24-,25+/m1/s1. The zero-order valence-electron chi connectivity index (χ0n) is 22.5. The third kappa shape index (κ3) is 6.69. The van der Waals surface area contributed by atoms with Gasteiger partial charge in [-0.1, -0.05) is 10.4 Å². The highest BCUT2D eigenvalue weighted by molar-refractivity contribution is 5.41. The van der Waals surface area contributed by atoms with Crippen LogP contribution in [0.4, 0.5) is 11.4 Å². The van der Waals surface area contributed by atoms with E-state index in [1.54, 1.807) is 12.4 Å². The van der Waals surface area contributed by atoms with Crippen molar-refractivity contribution < 1.29 is 39.0 Å². The molecule has 18 nitrogen and oxygen atoms in total. The van der Waals surface area contributed by atoms with E-state index >= 15 is 0 Å². The molecule has 5 rings (SSSR count). The van der Waals surface area contributed by atoms with Crippen molar-refractivity contribution >= 4 is 11.4 Å². The van der Waals surface area contributed by atoms with E-state index in [4.69, 9.17) is 18.9 Å². The van der Waals surface area contributed by atoms with Crippen LogP contribution in [0.3, 0.4) is 0 Å². The number of methoxy groups -OCH3 is 1. The summed E-state index contributed by atoms with van der Waals surface area (Å²) >= 11 is 0. The molecule has 0 spiro atoms. The molecule has 226 valence electrons. The lowest BCUT2D eigenvalue weighted by atomic mass is 9.98. The smallest absolute Gasteiger partial charge is 0.269 e. The predicted octanol–water partition coefficient (Wildman–Crippen LogP) is 0.859. The van der Waals surface area contributed by atoms with Gasteiger partial charge in [-0.05, 0) is 24.3 Å². The van der Waals surface area contributed by atoms with Crippen molar-refractivity contribution in [3.63, 3.8) is 0 Å². The van der Waals surface area contributed by atoms with Gasteiger partial charge in [-0.15, -0.1) is 10.2 Å². The van der Waals surface area contributed by atoms with Gasteiger partial charge >= 0.3 is 0 Å². The molecule has 0 unspecified atom stereocenters. The van der Waals surface area contributed by atoms with E-state index in [0.29, 0.717) is 22.8 Å². The number of nitro groups is 2. The number of aromatic nitrogens is 6. The number of hydrogen-bond donors (Lipinski definition) is 2. The van der Waals surface area contributed by atoms with Crippen LogP contribution in [-0.4, -0.2) is 94.5 Å². The Bertz CT molecular complexity index is 1540.